The average Bonchev–Trinajstić information content (AvgIpc) is 3.37. The second kappa shape index (κ2) is 16.1. The van der Waals surface area contributed by atoms with Crippen molar-refractivity contribution >= 4 is 21.7 Å². The quantitative estimate of drug-likeness (QED) is 0.144. The van der Waals surface area contributed by atoms with Crippen LogP contribution < -0.4 is 0 Å². The zero-order valence-corrected chi connectivity index (χ0v) is 33.9. The molecule has 0 radical (unpaired) electrons. The average molecular weight is 790 g/mol. The van der Waals surface area contributed by atoms with E-state index in [0.29, 0.717) is 5.82 Å². The lowest BCUT2D eigenvalue weighted by Gasteiger charge is -2.14. The number of fused-ring (bicyclic) bond motifs is 3. The summed E-state index contributed by atoms with van der Waals surface area (Å²) in [6, 6.07) is 83.4. The normalized spacial score (nSPS) is 11.2. The van der Waals surface area contributed by atoms with Crippen LogP contribution in [0.5, 0.6) is 0 Å². The van der Waals surface area contributed by atoms with Gasteiger partial charge in [-0.05, 0) is 85.6 Å². The van der Waals surface area contributed by atoms with Crippen molar-refractivity contribution in [3.05, 3.63) is 237 Å². The Morgan fingerprint density at radius 2 is 0.677 bits per heavy atom. The van der Waals surface area contributed by atoms with E-state index in [-0.39, 0.29) is 0 Å². The summed E-state index contributed by atoms with van der Waals surface area (Å²) in [6.07, 6.45) is 0. The van der Waals surface area contributed by atoms with Crippen LogP contribution in [0, 0.1) is 0 Å². The Balaban J connectivity index is 0.965. The van der Waals surface area contributed by atoms with Gasteiger partial charge in [-0.15, -0.1) is 0 Å². The standard InChI is InChI=1S/C59H39N3/c1-4-14-40(15-5-1)48-21-12-23-50(36-48)57-39-56(61-59(62-57)51-24-13-22-49(37-51)41-16-6-2-7-17-41)47-32-28-43(29-33-47)42-26-30-45(31-27-42)53-38-55(46-19-8-3-9-20-46)60-54-35-34-44-18-10-11-25-52(44)58(53)54/h1-39H. The van der Waals surface area contributed by atoms with Gasteiger partial charge in [0.15, 0.2) is 5.82 Å². The Labute approximate surface area is 361 Å². The summed E-state index contributed by atoms with van der Waals surface area (Å²) < 4.78 is 0. The van der Waals surface area contributed by atoms with Crippen molar-refractivity contribution in [1.29, 1.82) is 0 Å². The number of hydrogen-bond acceptors (Lipinski definition) is 3. The molecule has 2 aromatic heterocycles. The van der Waals surface area contributed by atoms with Gasteiger partial charge >= 0.3 is 0 Å². The van der Waals surface area contributed by atoms with Crippen LogP contribution in [0.15, 0.2) is 237 Å². The molecule has 9 aromatic carbocycles. The van der Waals surface area contributed by atoms with Crippen LogP contribution in [-0.2, 0) is 0 Å². The van der Waals surface area contributed by atoms with E-state index in [9.17, 15) is 0 Å². The smallest absolute Gasteiger partial charge is 0.160 e. The van der Waals surface area contributed by atoms with E-state index >= 15 is 0 Å². The lowest BCUT2D eigenvalue weighted by molar-refractivity contribution is 1.18. The highest BCUT2D eigenvalue weighted by molar-refractivity contribution is 6.13. The summed E-state index contributed by atoms with van der Waals surface area (Å²) in [6.45, 7) is 0. The van der Waals surface area contributed by atoms with E-state index < -0.39 is 0 Å². The molecule has 11 aromatic rings. The third kappa shape index (κ3) is 7.23. The minimum Gasteiger partial charge on any atom is -0.248 e. The highest BCUT2D eigenvalue weighted by Gasteiger charge is 2.15. The van der Waals surface area contributed by atoms with Crippen LogP contribution in [0.2, 0.25) is 0 Å². The van der Waals surface area contributed by atoms with Crippen molar-refractivity contribution in [2.45, 2.75) is 0 Å². The first-order valence-electron chi connectivity index (χ1n) is 21.0. The Bertz CT molecular complexity index is 3260. The summed E-state index contributed by atoms with van der Waals surface area (Å²) in [5.74, 6) is 0.687. The van der Waals surface area contributed by atoms with E-state index in [4.69, 9.17) is 15.0 Å². The molecule has 0 aliphatic heterocycles. The van der Waals surface area contributed by atoms with Crippen molar-refractivity contribution in [2.24, 2.45) is 0 Å². The predicted molar refractivity (Wildman–Crippen MR) is 258 cm³/mol. The molecule has 3 nitrogen and oxygen atoms in total. The lowest BCUT2D eigenvalue weighted by Crippen LogP contribution is -1.96. The van der Waals surface area contributed by atoms with Crippen molar-refractivity contribution in [1.82, 2.24) is 15.0 Å². The molecule has 3 heteroatoms. The molecule has 0 atom stereocenters. The summed E-state index contributed by atoms with van der Waals surface area (Å²) >= 11 is 0. The molecule has 0 N–H and O–H groups in total. The Hall–Kier alpha value is -8.27. The second-order valence-corrected chi connectivity index (χ2v) is 15.6. The number of aromatic nitrogens is 3. The minimum absolute atomic E-state index is 0.687. The molecule has 62 heavy (non-hydrogen) atoms. The fourth-order valence-corrected chi connectivity index (χ4v) is 8.50. The summed E-state index contributed by atoms with van der Waals surface area (Å²) in [5, 5.41) is 3.58. The summed E-state index contributed by atoms with van der Waals surface area (Å²) in [4.78, 5) is 15.6. The molecule has 0 bridgehead atoms. The number of pyridine rings is 1. The van der Waals surface area contributed by atoms with Crippen molar-refractivity contribution in [2.75, 3.05) is 0 Å². The maximum atomic E-state index is 5.22. The molecule has 2 heterocycles. The van der Waals surface area contributed by atoms with Crippen LogP contribution in [0.3, 0.4) is 0 Å². The monoisotopic (exact) mass is 789 g/mol. The predicted octanol–water partition coefficient (Wildman–Crippen LogP) is 15.5. The van der Waals surface area contributed by atoms with Gasteiger partial charge in [-0.3, -0.25) is 0 Å². The van der Waals surface area contributed by atoms with Gasteiger partial charge in [0.05, 0.1) is 22.6 Å². The molecule has 0 saturated heterocycles. The first-order chi connectivity index (χ1) is 30.7. The number of rotatable bonds is 8. The van der Waals surface area contributed by atoms with E-state index in [1.165, 1.54) is 27.3 Å². The maximum Gasteiger partial charge on any atom is 0.160 e. The first-order valence-corrected chi connectivity index (χ1v) is 21.0. The van der Waals surface area contributed by atoms with Gasteiger partial charge in [0.1, 0.15) is 0 Å². The van der Waals surface area contributed by atoms with Crippen LogP contribution in [-0.4, -0.2) is 15.0 Å². The van der Waals surface area contributed by atoms with Crippen LogP contribution >= 0.6 is 0 Å². The Morgan fingerprint density at radius 3 is 1.32 bits per heavy atom. The third-order valence-electron chi connectivity index (χ3n) is 11.7. The van der Waals surface area contributed by atoms with Gasteiger partial charge in [0.25, 0.3) is 0 Å². The van der Waals surface area contributed by atoms with Crippen molar-refractivity contribution < 1.29 is 0 Å². The van der Waals surface area contributed by atoms with Gasteiger partial charge in [-0.25, -0.2) is 15.0 Å². The Kier molecular flexibility index (Phi) is 9.53. The van der Waals surface area contributed by atoms with Crippen LogP contribution in [0.25, 0.3) is 111 Å². The SMILES string of the molecule is c1ccc(-c2cccc(-c3cc(-c4ccc(-c5ccc(-c6cc(-c7ccccc7)nc7ccc8ccccc8c67)cc5)cc4)nc(-c4cccc(-c5ccccc5)c4)n3)c2)cc1. The van der Waals surface area contributed by atoms with Gasteiger partial charge in [0.2, 0.25) is 0 Å². The molecule has 0 fully saturated rings. The largest absolute Gasteiger partial charge is 0.248 e. The third-order valence-corrected chi connectivity index (χ3v) is 11.7. The highest BCUT2D eigenvalue weighted by atomic mass is 14.9. The molecular weight excluding hydrogens is 751 g/mol. The van der Waals surface area contributed by atoms with E-state index in [0.717, 1.165) is 78.2 Å². The number of nitrogens with zero attached hydrogens (tertiary/aromatic N) is 3. The van der Waals surface area contributed by atoms with Gasteiger partial charge < -0.3 is 0 Å². The summed E-state index contributed by atoms with van der Waals surface area (Å²) in [5.41, 5.74) is 17.0. The van der Waals surface area contributed by atoms with Crippen LogP contribution in [0.1, 0.15) is 0 Å². The lowest BCUT2D eigenvalue weighted by atomic mass is 9.93. The second-order valence-electron chi connectivity index (χ2n) is 15.6. The van der Waals surface area contributed by atoms with Crippen molar-refractivity contribution in [3.63, 3.8) is 0 Å². The van der Waals surface area contributed by atoms with E-state index in [1.807, 2.05) is 18.2 Å². The maximum absolute atomic E-state index is 5.22. The van der Waals surface area contributed by atoms with Crippen LogP contribution in [0.4, 0.5) is 0 Å². The minimum atomic E-state index is 0.687. The molecule has 11 rings (SSSR count). The highest BCUT2D eigenvalue weighted by Crippen LogP contribution is 2.38. The van der Waals surface area contributed by atoms with Gasteiger partial charge in [0, 0.05) is 27.6 Å². The van der Waals surface area contributed by atoms with Gasteiger partial charge in [-0.2, -0.15) is 0 Å². The fourth-order valence-electron chi connectivity index (χ4n) is 8.50. The fraction of sp³-hybridized carbons (Fsp3) is 0. The number of hydrogen-bond donors (Lipinski definition) is 0. The number of benzene rings is 9. The van der Waals surface area contributed by atoms with Gasteiger partial charge in [-0.1, -0.05) is 206 Å². The van der Waals surface area contributed by atoms with E-state index in [2.05, 4.69) is 218 Å². The molecular formula is C59H39N3. The first kappa shape index (κ1) is 36.8. The molecule has 0 saturated carbocycles. The molecule has 0 aliphatic rings. The molecule has 0 amide bonds. The zero-order valence-electron chi connectivity index (χ0n) is 33.9. The molecule has 0 unspecified atom stereocenters. The van der Waals surface area contributed by atoms with Crippen molar-refractivity contribution in [3.8, 4) is 89.7 Å². The molecule has 0 spiro atoms. The molecule has 290 valence electrons. The molecule has 0 aliphatic carbocycles. The zero-order chi connectivity index (χ0) is 41.2. The summed E-state index contributed by atoms with van der Waals surface area (Å²) in [7, 11) is 0. The Morgan fingerprint density at radius 1 is 0.242 bits per heavy atom. The van der Waals surface area contributed by atoms with E-state index in [1.54, 1.807) is 0 Å². The topological polar surface area (TPSA) is 38.7 Å².